The predicted octanol–water partition coefficient (Wildman–Crippen LogP) is 4.35. The Hall–Kier alpha value is -2.99. The van der Waals surface area contributed by atoms with Gasteiger partial charge < -0.3 is 10.2 Å². The first-order chi connectivity index (χ1) is 14.6. The van der Waals surface area contributed by atoms with Crippen molar-refractivity contribution in [3.05, 3.63) is 65.5 Å². The zero-order chi connectivity index (χ0) is 20.9. The van der Waals surface area contributed by atoms with Gasteiger partial charge in [0.2, 0.25) is 11.8 Å². The normalized spacial score (nSPS) is 14.5. The second-order valence-corrected chi connectivity index (χ2v) is 8.46. The maximum absolute atomic E-state index is 12.5. The summed E-state index contributed by atoms with van der Waals surface area (Å²) in [5.74, 6) is 0.159. The van der Waals surface area contributed by atoms with Crippen LogP contribution < -0.4 is 5.32 Å². The van der Waals surface area contributed by atoms with Crippen molar-refractivity contribution in [2.24, 2.45) is 5.92 Å². The van der Waals surface area contributed by atoms with Gasteiger partial charge in [-0.1, -0.05) is 54.6 Å². The van der Waals surface area contributed by atoms with Crippen molar-refractivity contribution in [2.75, 3.05) is 13.1 Å². The van der Waals surface area contributed by atoms with Gasteiger partial charge in [-0.05, 0) is 18.4 Å². The van der Waals surface area contributed by atoms with E-state index in [-0.39, 0.29) is 17.7 Å². The molecule has 1 aromatic heterocycles. The molecule has 6 heteroatoms. The standard InChI is InChI=1S/C24H25N3O2S/c1-17(28)27-13-11-20(12-14-27)23(29)25-15-18-7-9-21(10-8-18)24-26-22(16-30-24)19-5-3-2-4-6-19/h2-10,16,20H,11-15H2,1H3,(H,25,29). The molecule has 3 aromatic rings. The molecule has 0 atom stereocenters. The zero-order valence-corrected chi connectivity index (χ0v) is 17.8. The average Bonchev–Trinajstić information content (AvgIpc) is 3.29. The number of hydrogen-bond acceptors (Lipinski definition) is 4. The van der Waals surface area contributed by atoms with E-state index in [4.69, 9.17) is 4.98 Å². The van der Waals surface area contributed by atoms with Gasteiger partial charge in [0.15, 0.2) is 0 Å². The molecule has 30 heavy (non-hydrogen) atoms. The maximum Gasteiger partial charge on any atom is 0.223 e. The number of hydrogen-bond donors (Lipinski definition) is 1. The number of thiazole rings is 1. The number of carbonyl (C=O) groups is 2. The number of piperidine rings is 1. The van der Waals surface area contributed by atoms with Gasteiger partial charge in [0.05, 0.1) is 5.69 Å². The Bertz CT molecular complexity index is 1010. The number of carbonyl (C=O) groups excluding carboxylic acids is 2. The van der Waals surface area contributed by atoms with Crippen molar-refractivity contribution in [2.45, 2.75) is 26.3 Å². The molecular formula is C24H25N3O2S. The third-order valence-electron chi connectivity index (χ3n) is 5.55. The summed E-state index contributed by atoms with van der Waals surface area (Å²) in [4.78, 5) is 30.4. The van der Waals surface area contributed by atoms with Crippen LogP contribution in [0, 0.1) is 5.92 Å². The van der Waals surface area contributed by atoms with E-state index in [1.807, 2.05) is 35.2 Å². The Kier molecular flexibility index (Phi) is 6.23. The fourth-order valence-corrected chi connectivity index (χ4v) is 4.54. The van der Waals surface area contributed by atoms with E-state index in [1.165, 1.54) is 0 Å². The molecule has 2 heterocycles. The van der Waals surface area contributed by atoms with Gasteiger partial charge in [0.1, 0.15) is 5.01 Å². The first-order valence-corrected chi connectivity index (χ1v) is 11.1. The van der Waals surface area contributed by atoms with Crippen molar-refractivity contribution < 1.29 is 9.59 Å². The minimum atomic E-state index is -0.00778. The molecule has 0 radical (unpaired) electrons. The second kappa shape index (κ2) is 9.22. The summed E-state index contributed by atoms with van der Waals surface area (Å²) in [6.07, 6.45) is 1.47. The van der Waals surface area contributed by atoms with Crippen LogP contribution in [0.15, 0.2) is 60.0 Å². The molecule has 0 bridgehead atoms. The van der Waals surface area contributed by atoms with Gasteiger partial charge in [0.25, 0.3) is 0 Å². The van der Waals surface area contributed by atoms with E-state index < -0.39 is 0 Å². The van der Waals surface area contributed by atoms with Crippen LogP contribution >= 0.6 is 11.3 Å². The Morgan fingerprint density at radius 1 is 1.03 bits per heavy atom. The Labute approximate surface area is 180 Å². The molecule has 0 unspecified atom stereocenters. The van der Waals surface area contributed by atoms with E-state index in [1.54, 1.807) is 18.3 Å². The van der Waals surface area contributed by atoms with E-state index in [9.17, 15) is 9.59 Å². The lowest BCUT2D eigenvalue weighted by molar-refractivity contribution is -0.134. The molecule has 1 saturated heterocycles. The Balaban J connectivity index is 1.32. The molecule has 1 fully saturated rings. The van der Waals surface area contributed by atoms with Crippen LogP contribution in [0.5, 0.6) is 0 Å². The van der Waals surface area contributed by atoms with E-state index in [0.29, 0.717) is 19.6 Å². The Morgan fingerprint density at radius 2 is 1.73 bits per heavy atom. The monoisotopic (exact) mass is 419 g/mol. The summed E-state index contributed by atoms with van der Waals surface area (Å²) in [7, 11) is 0. The summed E-state index contributed by atoms with van der Waals surface area (Å²) in [5.41, 5.74) is 4.25. The van der Waals surface area contributed by atoms with E-state index in [2.05, 4.69) is 35.0 Å². The average molecular weight is 420 g/mol. The molecule has 4 rings (SSSR count). The van der Waals surface area contributed by atoms with Crippen LogP contribution in [-0.2, 0) is 16.1 Å². The predicted molar refractivity (Wildman–Crippen MR) is 120 cm³/mol. The topological polar surface area (TPSA) is 62.3 Å². The maximum atomic E-state index is 12.5. The van der Waals surface area contributed by atoms with Gasteiger partial charge in [-0.2, -0.15) is 0 Å². The number of rotatable bonds is 5. The van der Waals surface area contributed by atoms with Crippen LogP contribution in [-0.4, -0.2) is 34.8 Å². The van der Waals surface area contributed by atoms with Crippen molar-refractivity contribution in [1.82, 2.24) is 15.2 Å². The molecule has 0 spiro atoms. The summed E-state index contributed by atoms with van der Waals surface area (Å²) in [6, 6.07) is 18.4. The quantitative estimate of drug-likeness (QED) is 0.669. The van der Waals surface area contributed by atoms with Crippen molar-refractivity contribution in [3.63, 3.8) is 0 Å². The van der Waals surface area contributed by atoms with E-state index >= 15 is 0 Å². The van der Waals surface area contributed by atoms with Crippen LogP contribution in [0.1, 0.15) is 25.3 Å². The lowest BCUT2D eigenvalue weighted by atomic mass is 9.96. The molecule has 154 valence electrons. The highest BCUT2D eigenvalue weighted by atomic mass is 32.1. The number of likely N-dealkylation sites (tertiary alicyclic amines) is 1. The molecule has 2 aromatic carbocycles. The number of nitrogens with zero attached hydrogens (tertiary/aromatic N) is 2. The highest BCUT2D eigenvalue weighted by Crippen LogP contribution is 2.29. The van der Waals surface area contributed by atoms with Gasteiger partial charge >= 0.3 is 0 Å². The smallest absolute Gasteiger partial charge is 0.223 e. The van der Waals surface area contributed by atoms with Crippen LogP contribution in [0.4, 0.5) is 0 Å². The van der Waals surface area contributed by atoms with Crippen molar-refractivity contribution in [1.29, 1.82) is 0 Å². The van der Waals surface area contributed by atoms with Crippen LogP contribution in [0.3, 0.4) is 0 Å². The molecular weight excluding hydrogens is 394 g/mol. The molecule has 0 aliphatic carbocycles. The van der Waals surface area contributed by atoms with Crippen LogP contribution in [0.25, 0.3) is 21.8 Å². The third kappa shape index (κ3) is 4.76. The molecule has 2 amide bonds. The largest absolute Gasteiger partial charge is 0.352 e. The highest BCUT2D eigenvalue weighted by Gasteiger charge is 2.25. The second-order valence-electron chi connectivity index (χ2n) is 7.60. The SMILES string of the molecule is CC(=O)N1CCC(C(=O)NCc2ccc(-c3nc(-c4ccccc4)cs3)cc2)CC1. The number of benzene rings is 2. The summed E-state index contributed by atoms with van der Waals surface area (Å²) >= 11 is 1.63. The van der Waals surface area contributed by atoms with Gasteiger partial charge in [-0.25, -0.2) is 4.98 Å². The van der Waals surface area contributed by atoms with E-state index in [0.717, 1.165) is 40.2 Å². The van der Waals surface area contributed by atoms with Crippen molar-refractivity contribution >= 4 is 23.2 Å². The fraction of sp³-hybridized carbons (Fsp3) is 0.292. The third-order valence-corrected chi connectivity index (χ3v) is 6.44. The highest BCUT2D eigenvalue weighted by molar-refractivity contribution is 7.13. The minimum Gasteiger partial charge on any atom is -0.352 e. The number of amides is 2. The van der Waals surface area contributed by atoms with Crippen molar-refractivity contribution in [3.8, 4) is 21.8 Å². The zero-order valence-electron chi connectivity index (χ0n) is 17.0. The molecule has 5 nitrogen and oxygen atoms in total. The minimum absolute atomic E-state index is 0.00778. The molecule has 1 aliphatic heterocycles. The Morgan fingerprint density at radius 3 is 2.40 bits per heavy atom. The number of aromatic nitrogens is 1. The lowest BCUT2D eigenvalue weighted by Gasteiger charge is -2.30. The lowest BCUT2D eigenvalue weighted by Crippen LogP contribution is -2.42. The summed E-state index contributed by atoms with van der Waals surface area (Å²) in [5, 5.41) is 6.11. The first-order valence-electron chi connectivity index (χ1n) is 10.2. The number of nitrogens with one attached hydrogen (secondary N) is 1. The summed E-state index contributed by atoms with van der Waals surface area (Å²) < 4.78 is 0. The van der Waals surface area contributed by atoms with Gasteiger partial charge in [0, 0.05) is 49.0 Å². The van der Waals surface area contributed by atoms with Gasteiger partial charge in [-0.3, -0.25) is 9.59 Å². The fourth-order valence-electron chi connectivity index (χ4n) is 3.70. The van der Waals surface area contributed by atoms with Crippen LogP contribution in [0.2, 0.25) is 0 Å². The summed E-state index contributed by atoms with van der Waals surface area (Å²) in [6.45, 7) is 3.43. The molecule has 0 saturated carbocycles. The first kappa shape index (κ1) is 20.3. The molecule has 1 N–H and O–H groups in total. The molecule has 1 aliphatic rings. The van der Waals surface area contributed by atoms with Gasteiger partial charge in [-0.15, -0.1) is 11.3 Å².